The molecule has 5 nitrogen and oxygen atoms in total. The first-order valence-corrected chi connectivity index (χ1v) is 7.02. The lowest BCUT2D eigenvalue weighted by Crippen LogP contribution is -2.07. The van der Waals surface area contributed by atoms with Crippen molar-refractivity contribution in [2.45, 2.75) is 26.8 Å². The molecule has 0 atom stereocenters. The summed E-state index contributed by atoms with van der Waals surface area (Å²) in [6, 6.07) is 3.85. The van der Waals surface area contributed by atoms with Gasteiger partial charge in [0.05, 0.1) is 12.2 Å². The fourth-order valence-electron chi connectivity index (χ4n) is 2.33. The average molecular weight is 291 g/mol. The van der Waals surface area contributed by atoms with Crippen LogP contribution < -0.4 is 0 Å². The third-order valence-corrected chi connectivity index (χ3v) is 3.59. The first-order chi connectivity index (χ1) is 9.70. The molecule has 0 N–H and O–H groups in total. The largest absolute Gasteiger partial charge is 0.361 e. The molecule has 0 aliphatic carbocycles. The molecule has 0 unspecified atom stereocenters. The van der Waals surface area contributed by atoms with Gasteiger partial charge in [-0.25, -0.2) is 9.97 Å². The van der Waals surface area contributed by atoms with Crippen LogP contribution in [0.1, 0.15) is 22.8 Å². The van der Waals surface area contributed by atoms with E-state index in [1.165, 1.54) is 0 Å². The fourth-order valence-corrected chi connectivity index (χ4v) is 2.50. The zero-order chi connectivity index (χ0) is 14.1. The highest BCUT2D eigenvalue weighted by atomic mass is 35.5. The van der Waals surface area contributed by atoms with E-state index in [1.54, 1.807) is 6.20 Å². The second kappa shape index (κ2) is 5.25. The molecule has 0 saturated heterocycles. The minimum atomic E-state index is 0.533. The van der Waals surface area contributed by atoms with Crippen molar-refractivity contribution in [2.75, 3.05) is 5.88 Å². The van der Waals surface area contributed by atoms with E-state index in [-0.39, 0.29) is 0 Å². The fraction of sp³-hybridized carbons (Fsp3) is 0.357. The SMILES string of the molecule is Cc1noc(C)c1Cn1c(CCCl)nc2cccnc21. The van der Waals surface area contributed by atoms with E-state index in [0.29, 0.717) is 18.8 Å². The highest BCUT2D eigenvalue weighted by Crippen LogP contribution is 2.20. The molecule has 0 fully saturated rings. The number of hydrogen-bond donors (Lipinski definition) is 0. The van der Waals surface area contributed by atoms with Gasteiger partial charge in [0.2, 0.25) is 0 Å². The molecule has 0 bridgehead atoms. The molecular weight excluding hydrogens is 276 g/mol. The van der Waals surface area contributed by atoms with Crippen LogP contribution >= 0.6 is 11.6 Å². The molecule has 0 aliphatic heterocycles. The van der Waals surface area contributed by atoms with Gasteiger partial charge in [0.1, 0.15) is 17.1 Å². The van der Waals surface area contributed by atoms with Gasteiger partial charge in [0, 0.05) is 24.1 Å². The Hall–Kier alpha value is -1.88. The molecule has 0 aromatic carbocycles. The Morgan fingerprint density at radius 2 is 2.20 bits per heavy atom. The highest BCUT2D eigenvalue weighted by Gasteiger charge is 2.15. The van der Waals surface area contributed by atoms with Gasteiger partial charge in [-0.3, -0.25) is 0 Å². The zero-order valence-corrected chi connectivity index (χ0v) is 12.2. The molecule has 104 valence electrons. The standard InChI is InChI=1S/C14H15ClN4O/c1-9-11(10(2)20-18-9)8-19-13(5-6-15)17-12-4-3-7-16-14(12)19/h3-4,7H,5-6,8H2,1-2H3. The van der Waals surface area contributed by atoms with Gasteiger partial charge in [-0.1, -0.05) is 5.16 Å². The topological polar surface area (TPSA) is 56.7 Å². The Morgan fingerprint density at radius 1 is 1.35 bits per heavy atom. The number of fused-ring (bicyclic) bond motifs is 1. The van der Waals surface area contributed by atoms with Crippen LogP contribution in [0.2, 0.25) is 0 Å². The monoisotopic (exact) mass is 290 g/mol. The van der Waals surface area contributed by atoms with Gasteiger partial charge in [0.25, 0.3) is 0 Å². The number of hydrogen-bond acceptors (Lipinski definition) is 4. The molecule has 3 aromatic heterocycles. The maximum atomic E-state index is 5.88. The van der Waals surface area contributed by atoms with Crippen molar-refractivity contribution in [3.05, 3.63) is 41.2 Å². The molecule has 3 rings (SSSR count). The minimum absolute atomic E-state index is 0.533. The van der Waals surface area contributed by atoms with Crippen LogP contribution in [0.15, 0.2) is 22.9 Å². The lowest BCUT2D eigenvalue weighted by Gasteiger charge is -2.07. The van der Waals surface area contributed by atoms with Gasteiger partial charge < -0.3 is 9.09 Å². The molecule has 20 heavy (non-hydrogen) atoms. The molecule has 3 aromatic rings. The summed E-state index contributed by atoms with van der Waals surface area (Å²) in [5.41, 5.74) is 3.73. The third kappa shape index (κ3) is 2.18. The second-order valence-electron chi connectivity index (χ2n) is 4.70. The van der Waals surface area contributed by atoms with Crippen molar-refractivity contribution >= 4 is 22.8 Å². The summed E-state index contributed by atoms with van der Waals surface area (Å²) in [6.07, 6.45) is 2.49. The summed E-state index contributed by atoms with van der Waals surface area (Å²) in [6.45, 7) is 4.52. The van der Waals surface area contributed by atoms with E-state index in [9.17, 15) is 0 Å². The molecule has 3 heterocycles. The summed E-state index contributed by atoms with van der Waals surface area (Å²) in [5.74, 6) is 2.30. The second-order valence-corrected chi connectivity index (χ2v) is 5.08. The maximum Gasteiger partial charge on any atom is 0.160 e. The maximum absolute atomic E-state index is 5.88. The van der Waals surface area contributed by atoms with Crippen LogP contribution in [-0.4, -0.2) is 25.6 Å². The van der Waals surface area contributed by atoms with Crippen LogP contribution in [-0.2, 0) is 13.0 Å². The predicted octanol–water partition coefficient (Wildman–Crippen LogP) is 2.87. The predicted molar refractivity (Wildman–Crippen MR) is 77.0 cm³/mol. The van der Waals surface area contributed by atoms with Crippen LogP contribution in [0, 0.1) is 13.8 Å². The molecular formula is C14H15ClN4O. The number of pyridine rings is 1. The molecule has 0 radical (unpaired) electrons. The zero-order valence-electron chi connectivity index (χ0n) is 11.4. The molecule has 0 amide bonds. The first kappa shape index (κ1) is 13.1. The summed E-state index contributed by atoms with van der Waals surface area (Å²) < 4.78 is 7.31. The van der Waals surface area contributed by atoms with Crippen molar-refractivity contribution in [1.29, 1.82) is 0 Å². The van der Waals surface area contributed by atoms with E-state index >= 15 is 0 Å². The minimum Gasteiger partial charge on any atom is -0.361 e. The number of aromatic nitrogens is 4. The Morgan fingerprint density at radius 3 is 2.90 bits per heavy atom. The lowest BCUT2D eigenvalue weighted by atomic mass is 10.2. The van der Waals surface area contributed by atoms with Crippen LogP contribution in [0.3, 0.4) is 0 Å². The highest BCUT2D eigenvalue weighted by molar-refractivity contribution is 6.17. The third-order valence-electron chi connectivity index (χ3n) is 3.40. The number of halogens is 1. The average Bonchev–Trinajstić information content (AvgIpc) is 2.95. The van der Waals surface area contributed by atoms with Crippen LogP contribution in [0.4, 0.5) is 0 Å². The Kier molecular flexibility index (Phi) is 3.44. The first-order valence-electron chi connectivity index (χ1n) is 6.48. The summed E-state index contributed by atoms with van der Waals surface area (Å²) in [5, 5.41) is 4.00. The number of nitrogens with zero attached hydrogens (tertiary/aromatic N) is 4. The van der Waals surface area contributed by atoms with Gasteiger partial charge in [0.15, 0.2) is 5.65 Å². The van der Waals surface area contributed by atoms with Crippen molar-refractivity contribution < 1.29 is 4.52 Å². The van der Waals surface area contributed by atoms with E-state index in [0.717, 1.165) is 34.0 Å². The Labute approximate surface area is 121 Å². The van der Waals surface area contributed by atoms with E-state index < -0.39 is 0 Å². The van der Waals surface area contributed by atoms with Crippen molar-refractivity contribution in [2.24, 2.45) is 0 Å². The Bertz CT molecular complexity index is 727. The van der Waals surface area contributed by atoms with E-state index in [4.69, 9.17) is 16.1 Å². The van der Waals surface area contributed by atoms with Crippen molar-refractivity contribution in [3.8, 4) is 0 Å². The Balaban J connectivity index is 2.11. The van der Waals surface area contributed by atoms with E-state index in [1.807, 2.05) is 26.0 Å². The molecule has 6 heteroatoms. The number of rotatable bonds is 4. The lowest BCUT2D eigenvalue weighted by molar-refractivity contribution is 0.392. The number of imidazole rings is 1. The van der Waals surface area contributed by atoms with Gasteiger partial charge in [-0.2, -0.15) is 0 Å². The number of aryl methyl sites for hydroxylation is 3. The smallest absolute Gasteiger partial charge is 0.160 e. The normalized spacial score (nSPS) is 11.3. The van der Waals surface area contributed by atoms with Crippen molar-refractivity contribution in [1.82, 2.24) is 19.7 Å². The molecule has 0 aliphatic rings. The quantitative estimate of drug-likeness (QED) is 0.693. The van der Waals surface area contributed by atoms with Gasteiger partial charge in [-0.15, -0.1) is 11.6 Å². The summed E-state index contributed by atoms with van der Waals surface area (Å²) in [7, 11) is 0. The summed E-state index contributed by atoms with van der Waals surface area (Å²) in [4.78, 5) is 9.04. The number of alkyl halides is 1. The van der Waals surface area contributed by atoms with E-state index in [2.05, 4.69) is 19.7 Å². The van der Waals surface area contributed by atoms with Gasteiger partial charge in [-0.05, 0) is 26.0 Å². The van der Waals surface area contributed by atoms with Crippen LogP contribution in [0.5, 0.6) is 0 Å². The summed E-state index contributed by atoms with van der Waals surface area (Å²) >= 11 is 5.88. The molecule has 0 saturated carbocycles. The van der Waals surface area contributed by atoms with Crippen molar-refractivity contribution in [3.63, 3.8) is 0 Å². The van der Waals surface area contributed by atoms with Gasteiger partial charge >= 0.3 is 0 Å². The van der Waals surface area contributed by atoms with Crippen LogP contribution in [0.25, 0.3) is 11.2 Å². The molecule has 0 spiro atoms.